The van der Waals surface area contributed by atoms with Crippen molar-refractivity contribution in [2.75, 3.05) is 74.6 Å². The molecule has 3 heterocycles. The standard InChI is InChI=1S/C23H33N5O6.C15H18ClN3O4/c1-4-32-20(29)15-27-11-9-26(10-12-27)13-19-14-28(23(31)34-19)18-7-5-17(6-8-18)21(24)25-22(30)33-16(2)3;1-9(2)22-14(20)18-13(17)10-3-5-11(6-4-10)19-8-12(7-16)23-15(19)21/h5-8,16,19H,4,9-15H2,1-3H3,(H2,24,25,30);3-6,9,12H,7-8H2,1-2H3,(H2,17,18,20)/t19-;12-/m10/s1. The molecule has 2 aromatic carbocycles. The van der Waals surface area contributed by atoms with Crippen LogP contribution in [0.1, 0.15) is 45.7 Å². The number of amidine groups is 2. The summed E-state index contributed by atoms with van der Waals surface area (Å²) < 4.78 is 25.5. The number of hydrogen-bond donors (Lipinski definition) is 4. The normalized spacial score (nSPS) is 18.3. The first-order chi connectivity index (χ1) is 27.1. The lowest BCUT2D eigenvalue weighted by Crippen LogP contribution is -2.50. The fourth-order valence-corrected chi connectivity index (χ4v) is 6.06. The number of rotatable bonds is 12. The van der Waals surface area contributed by atoms with Crippen molar-refractivity contribution in [3.05, 3.63) is 59.7 Å². The fourth-order valence-electron chi connectivity index (χ4n) is 5.90. The summed E-state index contributed by atoms with van der Waals surface area (Å²) in [6, 6.07) is 13.4. The number of carbonyl (C=O) groups is 5. The summed E-state index contributed by atoms with van der Waals surface area (Å²) in [5.41, 5.74) is 2.29. The van der Waals surface area contributed by atoms with Gasteiger partial charge in [-0.15, -0.1) is 11.6 Å². The summed E-state index contributed by atoms with van der Waals surface area (Å²) in [5, 5.41) is 20.6. The van der Waals surface area contributed by atoms with E-state index in [0.717, 1.165) is 26.2 Å². The first-order valence-electron chi connectivity index (χ1n) is 18.6. The number of anilines is 2. The average molecular weight is 815 g/mol. The molecule has 3 fully saturated rings. The van der Waals surface area contributed by atoms with Crippen LogP contribution < -0.4 is 20.4 Å². The Morgan fingerprint density at radius 3 is 1.56 bits per heavy atom. The molecule has 0 unspecified atom stereocenters. The number of carbonyl (C=O) groups excluding carboxylic acids is 5. The molecule has 0 bridgehead atoms. The third-order valence-corrected chi connectivity index (χ3v) is 8.92. The zero-order chi connectivity index (χ0) is 41.6. The van der Waals surface area contributed by atoms with Gasteiger partial charge in [-0.05, 0) is 83.1 Å². The van der Waals surface area contributed by atoms with Gasteiger partial charge in [-0.2, -0.15) is 0 Å². The van der Waals surface area contributed by atoms with Crippen molar-refractivity contribution in [2.24, 2.45) is 0 Å². The van der Waals surface area contributed by atoms with E-state index in [4.69, 9.17) is 46.1 Å². The molecule has 0 aromatic heterocycles. The van der Waals surface area contributed by atoms with Crippen molar-refractivity contribution in [3.63, 3.8) is 0 Å². The maximum atomic E-state index is 12.4. The number of amides is 4. The molecule has 57 heavy (non-hydrogen) atoms. The second-order valence-electron chi connectivity index (χ2n) is 13.8. The minimum absolute atomic E-state index is 0.0789. The predicted molar refractivity (Wildman–Crippen MR) is 212 cm³/mol. The summed E-state index contributed by atoms with van der Waals surface area (Å²) in [5.74, 6) is -0.123. The van der Waals surface area contributed by atoms with Crippen molar-refractivity contribution in [1.29, 1.82) is 10.8 Å². The Labute approximate surface area is 336 Å². The number of ether oxygens (including phenoxy) is 5. The van der Waals surface area contributed by atoms with Crippen molar-refractivity contribution in [1.82, 2.24) is 20.4 Å². The van der Waals surface area contributed by atoms with Crippen LogP contribution in [0, 0.1) is 10.8 Å². The highest BCUT2D eigenvalue weighted by Crippen LogP contribution is 2.24. The van der Waals surface area contributed by atoms with Gasteiger partial charge in [0.05, 0.1) is 44.3 Å². The Bertz CT molecular complexity index is 1740. The topological polar surface area (TPSA) is 216 Å². The first-order valence-corrected chi connectivity index (χ1v) is 19.1. The molecule has 4 N–H and O–H groups in total. The molecule has 4 amide bonds. The third-order valence-electron chi connectivity index (χ3n) is 8.58. The van der Waals surface area contributed by atoms with Gasteiger partial charge in [-0.3, -0.25) is 45.8 Å². The molecule has 0 saturated carbocycles. The first kappa shape index (κ1) is 44.3. The Balaban J connectivity index is 0.000000273. The molecule has 3 saturated heterocycles. The van der Waals surface area contributed by atoms with Crippen LogP contribution in [0.15, 0.2) is 48.5 Å². The van der Waals surface area contributed by atoms with E-state index < -0.39 is 24.4 Å². The van der Waals surface area contributed by atoms with Crippen LogP contribution in [0.3, 0.4) is 0 Å². The number of alkyl carbamates (subject to hydrolysis) is 2. The Hall–Kier alpha value is -5.46. The van der Waals surface area contributed by atoms with E-state index in [1.165, 1.54) is 4.90 Å². The zero-order valence-corrected chi connectivity index (χ0v) is 33.5. The van der Waals surface area contributed by atoms with E-state index in [-0.39, 0.29) is 47.9 Å². The van der Waals surface area contributed by atoms with Crippen LogP contribution in [0.25, 0.3) is 0 Å². The van der Waals surface area contributed by atoms with Gasteiger partial charge in [0.15, 0.2) is 0 Å². The summed E-state index contributed by atoms with van der Waals surface area (Å²) in [4.78, 5) is 66.3. The van der Waals surface area contributed by atoms with E-state index >= 15 is 0 Å². The monoisotopic (exact) mass is 814 g/mol. The highest BCUT2D eigenvalue weighted by atomic mass is 35.5. The predicted octanol–water partition coefficient (Wildman–Crippen LogP) is 4.36. The minimum Gasteiger partial charge on any atom is -0.465 e. The Morgan fingerprint density at radius 1 is 0.737 bits per heavy atom. The number of alkyl halides is 1. The largest absolute Gasteiger partial charge is 0.465 e. The van der Waals surface area contributed by atoms with Crippen molar-refractivity contribution in [3.8, 4) is 0 Å². The molecule has 2 atom stereocenters. The molecule has 0 spiro atoms. The van der Waals surface area contributed by atoms with Gasteiger partial charge in [-0.1, -0.05) is 0 Å². The van der Waals surface area contributed by atoms with Gasteiger partial charge in [-0.25, -0.2) is 19.2 Å². The number of cyclic esters (lactones) is 2. The molecule has 310 valence electrons. The van der Waals surface area contributed by atoms with Crippen LogP contribution in [-0.2, 0) is 28.5 Å². The van der Waals surface area contributed by atoms with Gasteiger partial charge in [0, 0.05) is 55.2 Å². The quantitative estimate of drug-likeness (QED) is 0.0773. The summed E-state index contributed by atoms with van der Waals surface area (Å²) >= 11 is 5.69. The lowest BCUT2D eigenvalue weighted by Gasteiger charge is -2.34. The van der Waals surface area contributed by atoms with Crippen LogP contribution in [0.4, 0.5) is 30.6 Å². The van der Waals surface area contributed by atoms with Crippen LogP contribution >= 0.6 is 11.6 Å². The van der Waals surface area contributed by atoms with Gasteiger partial charge < -0.3 is 23.7 Å². The molecule has 3 aliphatic heterocycles. The molecular formula is C38H51ClN8O10. The molecule has 2 aromatic rings. The third kappa shape index (κ3) is 13.6. The van der Waals surface area contributed by atoms with Gasteiger partial charge >= 0.3 is 30.3 Å². The summed E-state index contributed by atoms with van der Waals surface area (Å²) in [6.45, 7) is 13.9. The second kappa shape index (κ2) is 21.2. The SMILES string of the molecule is CC(C)OC(=O)NC(=N)c1ccc(N2C[C@H](CCl)OC2=O)cc1.CCOC(=O)CN1CCN(C[C@@H]2CN(c3ccc(C(=N)NC(=O)OC(C)C)cc3)C(=O)O2)CC1. The average Bonchev–Trinajstić information content (AvgIpc) is 3.73. The number of piperazine rings is 1. The van der Waals surface area contributed by atoms with Gasteiger partial charge in [0.25, 0.3) is 0 Å². The molecular weight excluding hydrogens is 764 g/mol. The smallest absolute Gasteiger partial charge is 0.414 e. The molecule has 18 nitrogen and oxygen atoms in total. The number of halogens is 1. The number of benzene rings is 2. The van der Waals surface area contributed by atoms with E-state index in [9.17, 15) is 24.0 Å². The van der Waals surface area contributed by atoms with Crippen molar-refractivity contribution in [2.45, 2.75) is 59.0 Å². The summed E-state index contributed by atoms with van der Waals surface area (Å²) in [7, 11) is 0. The van der Waals surface area contributed by atoms with E-state index in [0.29, 0.717) is 55.3 Å². The van der Waals surface area contributed by atoms with Gasteiger partial charge in [0.2, 0.25) is 0 Å². The van der Waals surface area contributed by atoms with E-state index in [2.05, 4.69) is 20.4 Å². The molecule has 3 aliphatic rings. The zero-order valence-electron chi connectivity index (χ0n) is 32.7. The molecule has 19 heteroatoms. The van der Waals surface area contributed by atoms with Crippen molar-refractivity contribution < 1.29 is 47.7 Å². The van der Waals surface area contributed by atoms with Crippen LogP contribution in [-0.4, -0.2) is 141 Å². The molecule has 5 rings (SSSR count). The Kier molecular flexibility index (Phi) is 16.4. The highest BCUT2D eigenvalue weighted by molar-refractivity contribution is 6.18. The fraction of sp³-hybridized carbons (Fsp3) is 0.500. The van der Waals surface area contributed by atoms with E-state index in [1.807, 2.05) is 0 Å². The maximum absolute atomic E-state index is 12.4. The summed E-state index contributed by atoms with van der Waals surface area (Å²) in [6.07, 6.45) is -3.34. The number of nitrogens with zero attached hydrogens (tertiary/aromatic N) is 4. The Morgan fingerprint density at radius 2 is 1.16 bits per heavy atom. The lowest BCUT2D eigenvalue weighted by atomic mass is 10.1. The molecule has 0 radical (unpaired) electrons. The lowest BCUT2D eigenvalue weighted by molar-refractivity contribution is -0.144. The highest BCUT2D eigenvalue weighted by Gasteiger charge is 2.35. The second-order valence-corrected chi connectivity index (χ2v) is 14.1. The van der Waals surface area contributed by atoms with Crippen molar-refractivity contribution >= 4 is 65.0 Å². The van der Waals surface area contributed by atoms with Crippen LogP contribution in [0.2, 0.25) is 0 Å². The number of esters is 1. The van der Waals surface area contributed by atoms with E-state index in [1.54, 1.807) is 88.0 Å². The molecule has 0 aliphatic carbocycles. The minimum atomic E-state index is -0.684. The number of nitrogens with one attached hydrogen (secondary N) is 4. The maximum Gasteiger partial charge on any atom is 0.414 e. The van der Waals surface area contributed by atoms with Gasteiger partial charge in [0.1, 0.15) is 23.9 Å². The number of hydrogen-bond acceptors (Lipinski definition) is 14. The van der Waals surface area contributed by atoms with Crippen LogP contribution in [0.5, 0.6) is 0 Å².